The maximum absolute atomic E-state index is 13.3. The fourth-order valence-corrected chi connectivity index (χ4v) is 3.14. The number of nitrogens with zero attached hydrogens (tertiary/aromatic N) is 2. The van der Waals surface area contributed by atoms with Gasteiger partial charge in [-0.05, 0) is 51.3 Å². The average molecular weight is 419 g/mol. The molecule has 7 heteroatoms. The number of ether oxygens (including phenoxy) is 2. The van der Waals surface area contributed by atoms with Gasteiger partial charge >= 0.3 is 6.09 Å². The first-order chi connectivity index (χ1) is 14.0. The molecule has 1 aromatic heterocycles. The Kier molecular flexibility index (Phi) is 7.39. The normalized spacial score (nSPS) is 11.7. The maximum atomic E-state index is 13.3. The molecule has 166 valence electrons. The Hall–Kier alpha value is -2.70. The van der Waals surface area contributed by atoms with Crippen LogP contribution in [0.3, 0.4) is 0 Å². The highest BCUT2D eigenvalue weighted by atomic mass is 16.6. The van der Waals surface area contributed by atoms with Crippen molar-refractivity contribution >= 4 is 22.7 Å². The Bertz CT molecular complexity index is 957. The van der Waals surface area contributed by atoms with E-state index in [-0.39, 0.29) is 17.2 Å². The molecule has 1 amide bonds. The van der Waals surface area contributed by atoms with Crippen molar-refractivity contribution in [2.24, 2.45) is 5.92 Å². The predicted molar refractivity (Wildman–Crippen MR) is 120 cm³/mol. The van der Waals surface area contributed by atoms with Gasteiger partial charge in [0.1, 0.15) is 11.4 Å². The van der Waals surface area contributed by atoms with Crippen LogP contribution >= 0.6 is 0 Å². The summed E-state index contributed by atoms with van der Waals surface area (Å²) in [6.45, 7) is 12.3. The number of anilines is 1. The van der Waals surface area contributed by atoms with Gasteiger partial charge in [0.05, 0.1) is 12.0 Å². The molecular formula is C23H34N2O5. The second kappa shape index (κ2) is 9.41. The van der Waals surface area contributed by atoms with Crippen LogP contribution in [-0.4, -0.2) is 35.0 Å². The van der Waals surface area contributed by atoms with Gasteiger partial charge in [-0.15, -0.1) is 0 Å². The largest absolute Gasteiger partial charge is 0.508 e. The number of pyridine rings is 1. The van der Waals surface area contributed by atoms with E-state index in [1.54, 1.807) is 38.5 Å². The molecule has 2 rings (SSSR count). The minimum Gasteiger partial charge on any atom is -0.508 e. The maximum Gasteiger partial charge on any atom is 0.415 e. The molecule has 1 aromatic carbocycles. The molecule has 0 bridgehead atoms. The lowest BCUT2D eigenvalue weighted by molar-refractivity contribution is 0.0585. The van der Waals surface area contributed by atoms with Gasteiger partial charge in [0.15, 0.2) is 11.6 Å². The number of hydrogen-bond donors (Lipinski definition) is 1. The summed E-state index contributed by atoms with van der Waals surface area (Å²) >= 11 is 0. The Morgan fingerprint density at radius 1 is 1.23 bits per heavy atom. The topological polar surface area (TPSA) is 81.0 Å². The Morgan fingerprint density at radius 2 is 1.90 bits per heavy atom. The smallest absolute Gasteiger partial charge is 0.415 e. The quantitative estimate of drug-likeness (QED) is 0.646. The number of unbranched alkanes of at least 4 members (excludes halogenated alkanes) is 1. The number of carbonyl (C=O) groups is 1. The molecule has 0 unspecified atom stereocenters. The SMILES string of the molecule is CCCCOc1c(N(C)C(=O)OC(C)(C)C)n(CC(C)C)c(=O)c2ccc(O)cc12. The lowest BCUT2D eigenvalue weighted by Crippen LogP contribution is -2.38. The molecule has 1 heterocycles. The Labute approximate surface area is 178 Å². The third-order valence-electron chi connectivity index (χ3n) is 4.46. The van der Waals surface area contributed by atoms with Crippen LogP contribution in [-0.2, 0) is 11.3 Å². The highest BCUT2D eigenvalue weighted by Crippen LogP contribution is 2.37. The summed E-state index contributed by atoms with van der Waals surface area (Å²) in [4.78, 5) is 27.5. The molecule has 0 saturated carbocycles. The van der Waals surface area contributed by atoms with Crippen molar-refractivity contribution in [3.05, 3.63) is 28.6 Å². The van der Waals surface area contributed by atoms with E-state index < -0.39 is 11.7 Å². The molecule has 30 heavy (non-hydrogen) atoms. The number of phenolic OH excluding ortho intramolecular Hbond substituents is 1. The van der Waals surface area contributed by atoms with E-state index in [2.05, 4.69) is 6.92 Å². The van der Waals surface area contributed by atoms with Crippen LogP contribution in [0.1, 0.15) is 54.4 Å². The first kappa shape index (κ1) is 23.6. The van der Waals surface area contributed by atoms with Crippen molar-refractivity contribution in [3.8, 4) is 11.5 Å². The monoisotopic (exact) mass is 418 g/mol. The average Bonchev–Trinajstić information content (AvgIpc) is 2.63. The summed E-state index contributed by atoms with van der Waals surface area (Å²) in [5.74, 6) is 0.904. The molecule has 2 aromatic rings. The lowest BCUT2D eigenvalue weighted by Gasteiger charge is -2.29. The van der Waals surface area contributed by atoms with E-state index in [9.17, 15) is 14.7 Å². The van der Waals surface area contributed by atoms with Crippen LogP contribution in [0.25, 0.3) is 10.8 Å². The lowest BCUT2D eigenvalue weighted by atomic mass is 10.1. The number of benzene rings is 1. The van der Waals surface area contributed by atoms with E-state index in [1.807, 2.05) is 13.8 Å². The number of hydrogen-bond acceptors (Lipinski definition) is 5. The molecular weight excluding hydrogens is 384 g/mol. The van der Waals surface area contributed by atoms with Gasteiger partial charge in [0, 0.05) is 19.0 Å². The van der Waals surface area contributed by atoms with Crippen LogP contribution in [0.15, 0.2) is 23.0 Å². The number of carbonyl (C=O) groups excluding carboxylic acids is 1. The zero-order valence-electron chi connectivity index (χ0n) is 19.1. The zero-order valence-corrected chi connectivity index (χ0v) is 19.1. The molecule has 0 atom stereocenters. The Morgan fingerprint density at radius 3 is 2.47 bits per heavy atom. The summed E-state index contributed by atoms with van der Waals surface area (Å²) in [7, 11) is 1.57. The summed E-state index contributed by atoms with van der Waals surface area (Å²) < 4.78 is 13.2. The van der Waals surface area contributed by atoms with Crippen molar-refractivity contribution in [2.75, 3.05) is 18.6 Å². The number of amides is 1. The highest BCUT2D eigenvalue weighted by Gasteiger charge is 2.28. The number of rotatable bonds is 7. The first-order valence-electron chi connectivity index (χ1n) is 10.4. The van der Waals surface area contributed by atoms with Gasteiger partial charge in [-0.3, -0.25) is 14.3 Å². The van der Waals surface area contributed by atoms with Crippen LogP contribution in [0, 0.1) is 5.92 Å². The number of fused-ring (bicyclic) bond motifs is 1. The van der Waals surface area contributed by atoms with Crippen molar-refractivity contribution in [1.29, 1.82) is 0 Å². The van der Waals surface area contributed by atoms with Crippen LogP contribution in [0.5, 0.6) is 11.5 Å². The summed E-state index contributed by atoms with van der Waals surface area (Å²) in [6, 6.07) is 4.58. The minimum absolute atomic E-state index is 0.0229. The third-order valence-corrected chi connectivity index (χ3v) is 4.46. The molecule has 0 saturated heterocycles. The molecule has 0 spiro atoms. The third kappa shape index (κ3) is 5.46. The van der Waals surface area contributed by atoms with E-state index in [4.69, 9.17) is 9.47 Å². The van der Waals surface area contributed by atoms with Crippen LogP contribution in [0.4, 0.5) is 10.6 Å². The molecule has 0 aliphatic carbocycles. The number of aromatic hydroxyl groups is 1. The van der Waals surface area contributed by atoms with E-state index >= 15 is 0 Å². The van der Waals surface area contributed by atoms with Crippen LogP contribution in [0.2, 0.25) is 0 Å². The van der Waals surface area contributed by atoms with Crippen molar-refractivity contribution in [1.82, 2.24) is 4.57 Å². The van der Waals surface area contributed by atoms with E-state index in [0.717, 1.165) is 12.8 Å². The van der Waals surface area contributed by atoms with Gasteiger partial charge < -0.3 is 14.6 Å². The second-order valence-electron chi connectivity index (χ2n) is 8.93. The van der Waals surface area contributed by atoms with Crippen molar-refractivity contribution in [2.45, 2.75) is 66.5 Å². The Balaban J connectivity index is 2.80. The molecule has 1 N–H and O–H groups in total. The summed E-state index contributed by atoms with van der Waals surface area (Å²) in [6.07, 6.45) is 1.17. The minimum atomic E-state index is -0.688. The van der Waals surface area contributed by atoms with Gasteiger partial charge in [0.25, 0.3) is 5.56 Å². The fourth-order valence-electron chi connectivity index (χ4n) is 3.14. The van der Waals surface area contributed by atoms with Gasteiger partial charge in [-0.25, -0.2) is 4.79 Å². The molecule has 7 nitrogen and oxygen atoms in total. The van der Waals surface area contributed by atoms with Gasteiger partial charge in [0.2, 0.25) is 0 Å². The summed E-state index contributed by atoms with van der Waals surface area (Å²) in [5, 5.41) is 11.0. The first-order valence-corrected chi connectivity index (χ1v) is 10.4. The van der Waals surface area contributed by atoms with E-state index in [1.165, 1.54) is 17.0 Å². The molecule has 0 radical (unpaired) electrons. The summed E-state index contributed by atoms with van der Waals surface area (Å²) in [5.41, 5.74) is -0.931. The predicted octanol–water partition coefficient (Wildman–Crippen LogP) is 4.91. The zero-order chi connectivity index (χ0) is 22.6. The van der Waals surface area contributed by atoms with Crippen LogP contribution < -0.4 is 15.2 Å². The van der Waals surface area contributed by atoms with Gasteiger partial charge in [-0.2, -0.15) is 0 Å². The molecule has 0 fully saturated rings. The van der Waals surface area contributed by atoms with Crippen molar-refractivity contribution in [3.63, 3.8) is 0 Å². The molecule has 0 aliphatic rings. The van der Waals surface area contributed by atoms with Crippen molar-refractivity contribution < 1.29 is 19.4 Å². The number of phenols is 1. The molecule has 0 aliphatic heterocycles. The highest BCUT2D eigenvalue weighted by molar-refractivity contribution is 5.97. The van der Waals surface area contributed by atoms with Gasteiger partial charge in [-0.1, -0.05) is 27.2 Å². The fraction of sp³-hybridized carbons (Fsp3) is 0.565. The second-order valence-corrected chi connectivity index (χ2v) is 8.93. The standard InChI is InChI=1S/C23H34N2O5/c1-8-9-12-29-19-18-13-16(26)10-11-17(18)21(27)25(14-15(2)3)20(19)24(7)22(28)30-23(4,5)6/h10-11,13,15,26H,8-9,12,14H2,1-7H3. The number of aromatic nitrogens is 1. The van der Waals surface area contributed by atoms with E-state index in [0.29, 0.717) is 35.5 Å².